The highest BCUT2D eigenvalue weighted by atomic mass is 31.2. The molecule has 11 nitrogen and oxygen atoms in total. The maximum absolute atomic E-state index is 13.0. The number of hydrogen-bond acceptors (Lipinski definition) is 10. The lowest BCUT2D eigenvalue weighted by atomic mass is 10.0. The van der Waals surface area contributed by atoms with Gasteiger partial charge in [-0.2, -0.15) is 0 Å². The molecular formula is C68H123O11P. The summed E-state index contributed by atoms with van der Waals surface area (Å²) in [6, 6.07) is 0. The van der Waals surface area contributed by atoms with Crippen LogP contribution in [0.4, 0.5) is 0 Å². The van der Waals surface area contributed by atoms with Crippen LogP contribution >= 0.6 is 7.82 Å². The van der Waals surface area contributed by atoms with Crippen LogP contribution in [-0.4, -0.2) is 66.5 Å². The van der Waals surface area contributed by atoms with Gasteiger partial charge in [0.2, 0.25) is 0 Å². The van der Waals surface area contributed by atoms with E-state index in [0.717, 1.165) is 122 Å². The fraction of sp³-hybridized carbons (Fsp3) is 0.809. The average molecular weight is 1150 g/mol. The Labute approximate surface area is 491 Å². The number of rotatable bonds is 62. The predicted octanol–water partition coefficient (Wildman–Crippen LogP) is 20.3. The van der Waals surface area contributed by atoms with Gasteiger partial charge in [-0.1, -0.05) is 274 Å². The topological polar surface area (TPSA) is 155 Å². The number of hydrogen-bond donors (Lipinski definition) is 2. The highest BCUT2D eigenvalue weighted by Gasteiger charge is 2.28. The van der Waals surface area contributed by atoms with Gasteiger partial charge in [0.1, 0.15) is 12.7 Å². The molecule has 2 N–H and O–H groups in total. The number of phosphoric ester groups is 1. The number of carbonyl (C=O) groups is 3. The first-order valence-corrected chi connectivity index (χ1v) is 34.7. The second kappa shape index (κ2) is 62.2. The van der Waals surface area contributed by atoms with Crippen molar-refractivity contribution in [3.8, 4) is 0 Å². The third kappa shape index (κ3) is 59.8. The number of carbonyl (C=O) groups excluding carboxylic acids is 3. The van der Waals surface area contributed by atoms with Crippen molar-refractivity contribution in [3.63, 3.8) is 0 Å². The van der Waals surface area contributed by atoms with Gasteiger partial charge in [0, 0.05) is 19.3 Å². The summed E-state index contributed by atoms with van der Waals surface area (Å²) in [5.74, 6) is -1.47. The zero-order chi connectivity index (χ0) is 58.3. The van der Waals surface area contributed by atoms with E-state index in [1.54, 1.807) is 0 Å². The standard InChI is InChI=1S/C68H123O11P/c1-4-7-10-13-16-19-22-25-28-30-32-34-37-39-42-45-48-51-54-57-66(70)75-61-65(79-68(72)59-56-53-50-47-44-41-38-35-33-31-29-26-23-20-17-14-11-8-5-2)63-77-80(73,74)76-62-64(60-69)78-67(71)58-55-52-49-46-43-40-36-27-24-21-18-15-12-9-6-3/h8,11,17,20,26-27,29,33,35-36,64-65,69H,4-7,9-10,12-16,18-19,21-25,28,30-32,34,37-63H2,1-3H3,(H,73,74)/b11-8-,20-17-,29-26-,35-33-,36-27-. The van der Waals surface area contributed by atoms with Crippen molar-refractivity contribution in [1.82, 2.24) is 0 Å². The van der Waals surface area contributed by atoms with E-state index in [2.05, 4.69) is 81.5 Å². The minimum Gasteiger partial charge on any atom is -0.462 e. The van der Waals surface area contributed by atoms with Gasteiger partial charge in [0.05, 0.1) is 19.8 Å². The molecule has 3 unspecified atom stereocenters. The number of ether oxygens (including phenoxy) is 3. The predicted molar refractivity (Wildman–Crippen MR) is 335 cm³/mol. The molecule has 0 aromatic rings. The highest BCUT2D eigenvalue weighted by molar-refractivity contribution is 7.47. The van der Waals surface area contributed by atoms with E-state index in [-0.39, 0.29) is 25.9 Å². The maximum Gasteiger partial charge on any atom is 0.472 e. The third-order valence-corrected chi connectivity index (χ3v) is 15.4. The van der Waals surface area contributed by atoms with Gasteiger partial charge in [0.25, 0.3) is 0 Å². The highest BCUT2D eigenvalue weighted by Crippen LogP contribution is 2.43. The summed E-state index contributed by atoms with van der Waals surface area (Å²) in [4.78, 5) is 48.8. The minimum absolute atomic E-state index is 0.152. The summed E-state index contributed by atoms with van der Waals surface area (Å²) in [6.07, 6.45) is 70.3. The van der Waals surface area contributed by atoms with Crippen LogP contribution in [0.15, 0.2) is 60.8 Å². The van der Waals surface area contributed by atoms with Crippen LogP contribution < -0.4 is 0 Å². The van der Waals surface area contributed by atoms with Crippen molar-refractivity contribution in [2.24, 2.45) is 0 Å². The van der Waals surface area contributed by atoms with Gasteiger partial charge in [-0.05, 0) is 83.5 Å². The fourth-order valence-electron chi connectivity index (χ4n) is 9.40. The van der Waals surface area contributed by atoms with E-state index in [4.69, 9.17) is 23.3 Å². The first-order valence-electron chi connectivity index (χ1n) is 33.2. The van der Waals surface area contributed by atoms with Gasteiger partial charge >= 0.3 is 25.7 Å². The molecule has 466 valence electrons. The smallest absolute Gasteiger partial charge is 0.462 e. The van der Waals surface area contributed by atoms with E-state index >= 15 is 0 Å². The molecule has 12 heteroatoms. The Balaban J connectivity index is 4.70. The Morgan fingerprint density at radius 1 is 0.362 bits per heavy atom. The van der Waals surface area contributed by atoms with E-state index in [1.165, 1.54) is 135 Å². The number of aliphatic hydroxyl groups excluding tert-OH is 1. The van der Waals surface area contributed by atoms with E-state index in [0.29, 0.717) is 19.3 Å². The van der Waals surface area contributed by atoms with Crippen LogP contribution in [-0.2, 0) is 42.2 Å². The molecule has 0 saturated heterocycles. The van der Waals surface area contributed by atoms with Crippen LogP contribution in [0.3, 0.4) is 0 Å². The Bertz CT molecular complexity index is 1570. The second-order valence-electron chi connectivity index (χ2n) is 22.3. The molecule has 0 aromatic heterocycles. The molecule has 0 aliphatic heterocycles. The van der Waals surface area contributed by atoms with Crippen molar-refractivity contribution < 1.29 is 52.2 Å². The lowest BCUT2D eigenvalue weighted by Gasteiger charge is -2.21. The van der Waals surface area contributed by atoms with Crippen molar-refractivity contribution in [1.29, 1.82) is 0 Å². The number of unbranched alkanes of at least 4 members (excludes halogenated alkanes) is 35. The van der Waals surface area contributed by atoms with Crippen molar-refractivity contribution >= 4 is 25.7 Å². The molecule has 0 aliphatic carbocycles. The number of aliphatic hydroxyl groups is 1. The Morgan fingerprint density at radius 2 is 0.650 bits per heavy atom. The number of phosphoric acid groups is 1. The molecule has 0 spiro atoms. The van der Waals surface area contributed by atoms with Crippen LogP contribution in [0.1, 0.15) is 316 Å². The minimum atomic E-state index is -4.76. The van der Waals surface area contributed by atoms with E-state index in [9.17, 15) is 28.9 Å². The van der Waals surface area contributed by atoms with Gasteiger partial charge in [-0.3, -0.25) is 23.4 Å². The molecule has 0 saturated carbocycles. The van der Waals surface area contributed by atoms with Crippen molar-refractivity contribution in [3.05, 3.63) is 60.8 Å². The van der Waals surface area contributed by atoms with Gasteiger partial charge in [-0.25, -0.2) is 4.57 Å². The molecular weight excluding hydrogens is 1020 g/mol. The summed E-state index contributed by atoms with van der Waals surface area (Å²) < 4.78 is 39.7. The first kappa shape index (κ1) is 77.2. The third-order valence-electron chi connectivity index (χ3n) is 14.4. The quantitative estimate of drug-likeness (QED) is 0.0197. The molecule has 0 radical (unpaired) electrons. The molecule has 0 rings (SSSR count). The maximum atomic E-state index is 13.0. The molecule has 80 heavy (non-hydrogen) atoms. The largest absolute Gasteiger partial charge is 0.472 e. The van der Waals surface area contributed by atoms with E-state index < -0.39 is 57.8 Å². The first-order chi connectivity index (χ1) is 39.2. The lowest BCUT2D eigenvalue weighted by molar-refractivity contribution is -0.161. The zero-order valence-electron chi connectivity index (χ0n) is 51.8. The van der Waals surface area contributed by atoms with Crippen molar-refractivity contribution in [2.75, 3.05) is 26.4 Å². The molecule has 0 fully saturated rings. The zero-order valence-corrected chi connectivity index (χ0v) is 52.7. The number of esters is 3. The second-order valence-corrected chi connectivity index (χ2v) is 23.7. The SMILES string of the molecule is CC/C=C\C/C=C\C/C=C\C/C=C\CCCCCCCCC(=O)OC(COC(=O)CCCCCCCCCCCCCCCCCCCCC)COP(=O)(O)OCC(CO)OC(=O)CCCCCCC/C=C\CCCCCCCC. The average Bonchev–Trinajstić information content (AvgIpc) is 3.45. The van der Waals surface area contributed by atoms with Crippen molar-refractivity contribution in [2.45, 2.75) is 328 Å². The van der Waals surface area contributed by atoms with Crippen LogP contribution in [0, 0.1) is 0 Å². The van der Waals surface area contributed by atoms with Crippen LogP contribution in [0.25, 0.3) is 0 Å². The van der Waals surface area contributed by atoms with Crippen LogP contribution in [0.5, 0.6) is 0 Å². The molecule has 0 amide bonds. The Kier molecular flexibility index (Phi) is 60.0. The summed E-state index contributed by atoms with van der Waals surface area (Å²) in [7, 11) is -4.76. The Morgan fingerprint density at radius 3 is 1.01 bits per heavy atom. The van der Waals surface area contributed by atoms with Crippen LogP contribution in [0.2, 0.25) is 0 Å². The summed E-state index contributed by atoms with van der Waals surface area (Å²) in [6.45, 7) is 4.57. The molecule has 0 aliphatic rings. The van der Waals surface area contributed by atoms with Gasteiger partial charge < -0.3 is 24.2 Å². The molecule has 0 aromatic carbocycles. The summed E-state index contributed by atoms with van der Waals surface area (Å²) >= 11 is 0. The van der Waals surface area contributed by atoms with Gasteiger partial charge in [-0.15, -0.1) is 0 Å². The fourth-order valence-corrected chi connectivity index (χ4v) is 10.2. The monoisotopic (exact) mass is 1150 g/mol. The summed E-state index contributed by atoms with van der Waals surface area (Å²) in [5, 5.41) is 9.85. The summed E-state index contributed by atoms with van der Waals surface area (Å²) in [5.41, 5.74) is 0. The molecule has 0 bridgehead atoms. The molecule has 3 atom stereocenters. The Hall–Kier alpha value is -2.82. The van der Waals surface area contributed by atoms with E-state index in [1.807, 2.05) is 0 Å². The molecule has 0 heterocycles. The number of allylic oxidation sites excluding steroid dienone is 10. The lowest BCUT2D eigenvalue weighted by Crippen LogP contribution is -2.30. The van der Waals surface area contributed by atoms with Gasteiger partial charge in [0.15, 0.2) is 6.10 Å². The normalized spacial score (nSPS) is 13.6.